The average Bonchev–Trinajstić information content (AvgIpc) is 2.98. The minimum atomic E-state index is -4.71. The first kappa shape index (κ1) is 14.6. The van der Waals surface area contributed by atoms with Crippen molar-refractivity contribution in [1.82, 2.24) is 20.2 Å². The normalized spacial score (nSPS) is 25.7. The lowest BCUT2D eigenvalue weighted by molar-refractivity contribution is -0.0317. The molecule has 2 aliphatic heterocycles. The van der Waals surface area contributed by atoms with Gasteiger partial charge in [0.25, 0.3) is 0 Å². The van der Waals surface area contributed by atoms with Crippen molar-refractivity contribution in [3.05, 3.63) is 10.0 Å². The molecule has 0 aromatic carbocycles. The lowest BCUT2D eigenvalue weighted by Gasteiger charge is -2.28. The van der Waals surface area contributed by atoms with Crippen LogP contribution in [0.15, 0.2) is 0 Å². The van der Waals surface area contributed by atoms with Crippen LogP contribution in [-0.4, -0.2) is 51.7 Å². The Balaban J connectivity index is 1.82. The van der Waals surface area contributed by atoms with Crippen molar-refractivity contribution in [2.24, 2.45) is 0 Å². The highest BCUT2D eigenvalue weighted by molar-refractivity contribution is 7.80. The molecule has 0 spiro atoms. The van der Waals surface area contributed by atoms with Gasteiger partial charge in [0, 0.05) is 6.54 Å². The van der Waals surface area contributed by atoms with Gasteiger partial charge in [0.2, 0.25) is 0 Å². The van der Waals surface area contributed by atoms with E-state index in [2.05, 4.69) is 14.5 Å². The van der Waals surface area contributed by atoms with Crippen molar-refractivity contribution < 1.29 is 22.0 Å². The van der Waals surface area contributed by atoms with Gasteiger partial charge < -0.3 is 4.90 Å². The van der Waals surface area contributed by atoms with Crippen molar-refractivity contribution in [1.29, 1.82) is 0 Å². The highest BCUT2D eigenvalue weighted by Crippen LogP contribution is 2.39. The van der Waals surface area contributed by atoms with E-state index in [1.54, 1.807) is 0 Å². The lowest BCUT2D eigenvalue weighted by Crippen LogP contribution is -2.35. The summed E-state index contributed by atoms with van der Waals surface area (Å²) in [6.45, 7) is 2.32. The van der Waals surface area contributed by atoms with E-state index in [-0.39, 0.29) is 12.1 Å². The second-order valence-electron chi connectivity index (χ2n) is 4.90. The molecular weight excluding hydrogens is 320 g/mol. The maximum atomic E-state index is 12.2. The molecule has 2 aliphatic rings. The molecule has 0 unspecified atom stereocenters. The Kier molecular flexibility index (Phi) is 3.59. The van der Waals surface area contributed by atoms with Crippen molar-refractivity contribution in [2.75, 3.05) is 6.54 Å². The number of aromatic nitrogens is 2. The first-order chi connectivity index (χ1) is 9.89. The number of carbonyl (C=O) groups is 1. The van der Waals surface area contributed by atoms with Crippen LogP contribution in [0.3, 0.4) is 0 Å². The number of hydrogen-bond acceptors (Lipinski definition) is 7. The molecule has 0 aliphatic carbocycles. The maximum Gasteiger partial charge on any atom is 0.418 e. The molecule has 2 bridgehead atoms. The highest BCUT2D eigenvalue weighted by atomic mass is 32.3. The van der Waals surface area contributed by atoms with Crippen LogP contribution in [-0.2, 0) is 21.1 Å². The fraction of sp³-hybridized carbons (Fsp3) is 0.700. The molecule has 2 amide bonds. The van der Waals surface area contributed by atoms with E-state index < -0.39 is 16.4 Å². The van der Waals surface area contributed by atoms with E-state index in [9.17, 15) is 13.2 Å². The summed E-state index contributed by atoms with van der Waals surface area (Å²) >= 11 is 1.45. The Hall–Kier alpha value is -1.30. The summed E-state index contributed by atoms with van der Waals surface area (Å²) < 4.78 is 34.8. The molecular formula is C10H14N4O5S2. The number of amides is 2. The number of aryl methyl sites for hydroxylation is 1. The first-order valence-corrected chi connectivity index (χ1v) is 8.66. The summed E-state index contributed by atoms with van der Waals surface area (Å²) in [5, 5.41) is 10.5. The van der Waals surface area contributed by atoms with E-state index >= 15 is 0 Å². The predicted molar refractivity (Wildman–Crippen MR) is 71.6 cm³/mol. The Morgan fingerprint density at radius 2 is 2.19 bits per heavy atom. The molecule has 0 radical (unpaired) electrons. The summed E-state index contributed by atoms with van der Waals surface area (Å²) in [6, 6.07) is -1.18. The van der Waals surface area contributed by atoms with Gasteiger partial charge in [0.15, 0.2) is 0 Å². The van der Waals surface area contributed by atoms with E-state index in [1.165, 1.54) is 16.2 Å². The van der Waals surface area contributed by atoms with Gasteiger partial charge in [0.1, 0.15) is 10.0 Å². The topological polar surface area (TPSA) is 113 Å². The van der Waals surface area contributed by atoms with Crippen molar-refractivity contribution in [2.45, 2.75) is 38.3 Å². The summed E-state index contributed by atoms with van der Waals surface area (Å²) in [7, 11) is -4.71. The monoisotopic (exact) mass is 334 g/mol. The second kappa shape index (κ2) is 5.16. The average molecular weight is 334 g/mol. The summed E-state index contributed by atoms with van der Waals surface area (Å²) in [6.07, 6.45) is 2.00. The number of urea groups is 1. The maximum absolute atomic E-state index is 12.2. The van der Waals surface area contributed by atoms with Gasteiger partial charge in [-0.05, 0) is 19.3 Å². The Labute approximate surface area is 125 Å². The molecule has 3 heterocycles. The minimum absolute atomic E-state index is 0.221. The van der Waals surface area contributed by atoms with Gasteiger partial charge in [-0.15, -0.1) is 14.5 Å². The second-order valence-corrected chi connectivity index (χ2v) is 7.00. The summed E-state index contributed by atoms with van der Waals surface area (Å²) in [5.41, 5.74) is 0. The summed E-state index contributed by atoms with van der Waals surface area (Å²) in [4.78, 5) is 13.7. The van der Waals surface area contributed by atoms with Crippen LogP contribution in [0.2, 0.25) is 0 Å². The number of carbonyl (C=O) groups excluding carboxylic acids is 1. The Morgan fingerprint density at radius 1 is 1.43 bits per heavy atom. The van der Waals surface area contributed by atoms with Crippen molar-refractivity contribution in [3.8, 4) is 0 Å². The van der Waals surface area contributed by atoms with E-state index in [0.717, 1.165) is 21.5 Å². The quantitative estimate of drug-likeness (QED) is 0.809. The smallest absolute Gasteiger partial charge is 0.311 e. The SMILES string of the molecule is CCc1nnc([C@@H]2CC[C@@H]3CN2C(=O)N3OS(=O)(=O)O)s1. The Bertz CT molecular complexity index is 660. The third-order valence-electron chi connectivity index (χ3n) is 3.57. The lowest BCUT2D eigenvalue weighted by atomic mass is 10.0. The Morgan fingerprint density at radius 3 is 2.81 bits per heavy atom. The number of piperidine rings is 1. The molecule has 3 rings (SSSR count). The van der Waals surface area contributed by atoms with Crippen LogP contribution < -0.4 is 0 Å². The molecule has 1 N–H and O–H groups in total. The van der Waals surface area contributed by atoms with Gasteiger partial charge in [-0.25, -0.2) is 4.79 Å². The predicted octanol–water partition coefficient (Wildman–Crippen LogP) is 0.776. The number of hydroxylamine groups is 2. The van der Waals surface area contributed by atoms with Crippen molar-refractivity contribution in [3.63, 3.8) is 0 Å². The molecule has 9 nitrogen and oxygen atoms in total. The van der Waals surface area contributed by atoms with Crippen LogP contribution in [0.25, 0.3) is 0 Å². The fourth-order valence-corrected chi connectivity index (χ4v) is 3.95. The molecule has 0 saturated carbocycles. The summed E-state index contributed by atoms with van der Waals surface area (Å²) in [5.74, 6) is 0. The van der Waals surface area contributed by atoms with E-state index in [4.69, 9.17) is 4.55 Å². The van der Waals surface area contributed by atoms with Gasteiger partial charge in [-0.3, -0.25) is 4.55 Å². The standard InChI is InChI=1S/C10H14N4O5S2/c1-2-8-11-12-9(20-8)7-4-3-6-5-13(7)10(15)14(6)19-21(16,17)18/h6-7H,2-5H2,1H3,(H,16,17,18)/t6-,7+/m1/s1. The van der Waals surface area contributed by atoms with Gasteiger partial charge in [0.05, 0.1) is 12.1 Å². The zero-order valence-corrected chi connectivity index (χ0v) is 12.8. The third-order valence-corrected chi connectivity index (χ3v) is 5.09. The zero-order chi connectivity index (χ0) is 15.2. The molecule has 2 saturated heterocycles. The number of fused-ring (bicyclic) bond motifs is 2. The van der Waals surface area contributed by atoms with Crippen LogP contribution in [0.4, 0.5) is 4.79 Å². The highest BCUT2D eigenvalue weighted by Gasteiger charge is 2.48. The fourth-order valence-electron chi connectivity index (χ4n) is 2.63. The molecule has 11 heteroatoms. The molecule has 1 aromatic heterocycles. The molecule has 2 atom stereocenters. The first-order valence-electron chi connectivity index (χ1n) is 6.48. The van der Waals surface area contributed by atoms with Crippen LogP contribution in [0.1, 0.15) is 35.8 Å². The zero-order valence-electron chi connectivity index (χ0n) is 11.2. The van der Waals surface area contributed by atoms with Gasteiger partial charge in [-0.1, -0.05) is 18.3 Å². The molecule has 116 valence electrons. The number of nitrogens with zero attached hydrogens (tertiary/aromatic N) is 4. The van der Waals surface area contributed by atoms with Crippen LogP contribution in [0, 0.1) is 0 Å². The number of hydrogen-bond donors (Lipinski definition) is 1. The molecule has 21 heavy (non-hydrogen) atoms. The van der Waals surface area contributed by atoms with Crippen LogP contribution in [0.5, 0.6) is 0 Å². The van der Waals surface area contributed by atoms with Crippen LogP contribution >= 0.6 is 11.3 Å². The van der Waals surface area contributed by atoms with E-state index in [0.29, 0.717) is 19.4 Å². The van der Waals surface area contributed by atoms with E-state index in [1.807, 2.05) is 6.92 Å². The van der Waals surface area contributed by atoms with Gasteiger partial charge >= 0.3 is 16.4 Å². The van der Waals surface area contributed by atoms with Crippen molar-refractivity contribution >= 4 is 27.8 Å². The molecule has 1 aromatic rings. The number of rotatable bonds is 4. The largest absolute Gasteiger partial charge is 0.418 e. The molecule has 2 fully saturated rings. The minimum Gasteiger partial charge on any atom is -0.311 e. The van der Waals surface area contributed by atoms with Gasteiger partial charge in [-0.2, -0.15) is 13.5 Å². The third kappa shape index (κ3) is 2.73.